The van der Waals surface area contributed by atoms with E-state index in [-0.39, 0.29) is 23.4 Å². The van der Waals surface area contributed by atoms with Gasteiger partial charge in [0.25, 0.3) is 5.91 Å². The minimum atomic E-state index is -3.79. The van der Waals surface area contributed by atoms with Gasteiger partial charge in [-0.3, -0.25) is 9.59 Å². The Labute approximate surface area is 163 Å². The summed E-state index contributed by atoms with van der Waals surface area (Å²) >= 11 is 0. The van der Waals surface area contributed by atoms with Crippen LogP contribution in [0.3, 0.4) is 0 Å². The van der Waals surface area contributed by atoms with Crippen molar-refractivity contribution in [2.75, 3.05) is 19.0 Å². The Morgan fingerprint density at radius 1 is 1.07 bits per heavy atom. The summed E-state index contributed by atoms with van der Waals surface area (Å²) in [5.74, 6) is -0.706. The van der Waals surface area contributed by atoms with E-state index in [0.29, 0.717) is 24.3 Å². The fourth-order valence-corrected chi connectivity index (χ4v) is 3.49. The van der Waals surface area contributed by atoms with Crippen molar-refractivity contribution in [3.63, 3.8) is 0 Å². The number of amides is 1. The highest BCUT2D eigenvalue weighted by atomic mass is 32.2. The Kier molecular flexibility index (Phi) is 7.53. The van der Waals surface area contributed by atoms with E-state index >= 15 is 0 Å². The molecular weight excluding hydrogens is 384 g/mol. The average molecular weight is 406 g/mol. The first-order valence-electron chi connectivity index (χ1n) is 8.59. The van der Waals surface area contributed by atoms with E-state index in [1.807, 2.05) is 0 Å². The predicted octanol–water partition coefficient (Wildman–Crippen LogP) is 2.48. The van der Waals surface area contributed by atoms with Crippen LogP contribution in [0.2, 0.25) is 0 Å². The van der Waals surface area contributed by atoms with Crippen molar-refractivity contribution in [3.8, 4) is 5.75 Å². The van der Waals surface area contributed by atoms with E-state index in [0.717, 1.165) is 0 Å². The van der Waals surface area contributed by atoms with E-state index in [4.69, 9.17) is 9.84 Å². The number of rotatable bonds is 10. The number of sulfonamides is 1. The SMILES string of the molecule is COc1ccc(NC(=O)c2cccc(S(=O)(=O)NCCCCC(=O)O)c2)cc1. The molecule has 3 N–H and O–H groups in total. The van der Waals surface area contributed by atoms with Gasteiger partial charge in [0, 0.05) is 24.2 Å². The molecule has 2 aromatic carbocycles. The van der Waals surface area contributed by atoms with Crippen molar-refractivity contribution in [2.24, 2.45) is 0 Å². The fraction of sp³-hybridized carbons (Fsp3) is 0.263. The maximum Gasteiger partial charge on any atom is 0.303 e. The zero-order chi connectivity index (χ0) is 20.6. The van der Waals surface area contributed by atoms with Crippen molar-refractivity contribution < 1.29 is 27.9 Å². The Morgan fingerprint density at radius 3 is 2.43 bits per heavy atom. The first-order chi connectivity index (χ1) is 13.3. The lowest BCUT2D eigenvalue weighted by molar-refractivity contribution is -0.137. The number of nitrogens with one attached hydrogen (secondary N) is 2. The van der Waals surface area contributed by atoms with Crippen molar-refractivity contribution in [1.82, 2.24) is 4.72 Å². The number of ether oxygens (including phenoxy) is 1. The lowest BCUT2D eigenvalue weighted by Gasteiger charge is -2.09. The van der Waals surface area contributed by atoms with Gasteiger partial charge in [0.1, 0.15) is 5.75 Å². The van der Waals surface area contributed by atoms with Crippen molar-refractivity contribution in [2.45, 2.75) is 24.2 Å². The number of anilines is 1. The van der Waals surface area contributed by atoms with Gasteiger partial charge in [-0.1, -0.05) is 6.07 Å². The second kappa shape index (κ2) is 9.86. The van der Waals surface area contributed by atoms with Gasteiger partial charge in [-0.05, 0) is 55.3 Å². The number of carboxylic acid groups (broad SMARTS) is 1. The third-order valence-corrected chi connectivity index (χ3v) is 5.32. The summed E-state index contributed by atoms with van der Waals surface area (Å²) in [6.45, 7) is 0.123. The highest BCUT2D eigenvalue weighted by molar-refractivity contribution is 7.89. The summed E-state index contributed by atoms with van der Waals surface area (Å²) in [5.41, 5.74) is 0.750. The van der Waals surface area contributed by atoms with Gasteiger partial charge < -0.3 is 15.2 Å². The van der Waals surface area contributed by atoms with Crippen LogP contribution in [-0.2, 0) is 14.8 Å². The Morgan fingerprint density at radius 2 is 1.79 bits per heavy atom. The van der Waals surface area contributed by atoms with Crippen LogP contribution in [0.4, 0.5) is 5.69 Å². The van der Waals surface area contributed by atoms with Gasteiger partial charge in [0.2, 0.25) is 10.0 Å². The summed E-state index contributed by atoms with van der Waals surface area (Å²) in [5, 5.41) is 11.3. The molecular formula is C19H22N2O6S. The molecule has 0 aromatic heterocycles. The summed E-state index contributed by atoms with van der Waals surface area (Å²) in [4.78, 5) is 22.8. The zero-order valence-corrected chi connectivity index (χ0v) is 16.2. The predicted molar refractivity (Wildman–Crippen MR) is 104 cm³/mol. The molecule has 150 valence electrons. The van der Waals surface area contributed by atoms with Crippen LogP contribution < -0.4 is 14.8 Å². The molecule has 0 aliphatic heterocycles. The number of methoxy groups -OCH3 is 1. The largest absolute Gasteiger partial charge is 0.497 e. The summed E-state index contributed by atoms with van der Waals surface area (Å²) in [7, 11) is -2.25. The highest BCUT2D eigenvalue weighted by Crippen LogP contribution is 2.17. The van der Waals surface area contributed by atoms with Crippen LogP contribution in [0.5, 0.6) is 5.75 Å². The van der Waals surface area contributed by atoms with Gasteiger partial charge in [0.05, 0.1) is 12.0 Å². The molecule has 0 bridgehead atoms. The molecule has 0 aliphatic rings. The maximum atomic E-state index is 12.4. The zero-order valence-electron chi connectivity index (χ0n) is 15.3. The number of aliphatic carboxylic acids is 1. The molecule has 0 atom stereocenters. The van der Waals surface area contributed by atoms with E-state index in [9.17, 15) is 18.0 Å². The number of unbranched alkanes of at least 4 members (excludes halogenated alkanes) is 1. The molecule has 28 heavy (non-hydrogen) atoms. The van der Waals surface area contributed by atoms with Gasteiger partial charge in [-0.15, -0.1) is 0 Å². The maximum absolute atomic E-state index is 12.4. The Hall–Kier alpha value is -2.91. The lowest BCUT2D eigenvalue weighted by Crippen LogP contribution is -2.25. The molecule has 0 heterocycles. The average Bonchev–Trinajstić information content (AvgIpc) is 2.68. The lowest BCUT2D eigenvalue weighted by atomic mass is 10.2. The molecule has 1 amide bonds. The minimum absolute atomic E-state index is 0.0112. The molecule has 0 saturated heterocycles. The van der Waals surface area contributed by atoms with E-state index in [1.165, 1.54) is 24.3 Å². The molecule has 9 heteroatoms. The standard InChI is InChI=1S/C19H22N2O6S/c1-27-16-10-8-15(9-11-16)21-19(24)14-5-4-6-17(13-14)28(25,26)20-12-3-2-7-18(22)23/h4-6,8-11,13,20H,2-3,7,12H2,1H3,(H,21,24)(H,22,23). The minimum Gasteiger partial charge on any atom is -0.497 e. The van der Waals surface area contributed by atoms with E-state index in [1.54, 1.807) is 31.4 Å². The van der Waals surface area contributed by atoms with Gasteiger partial charge >= 0.3 is 5.97 Å². The van der Waals surface area contributed by atoms with Crippen LogP contribution in [-0.4, -0.2) is 39.1 Å². The molecule has 0 fully saturated rings. The second-order valence-corrected chi connectivity index (χ2v) is 7.73. The summed E-state index contributed by atoms with van der Waals surface area (Å²) < 4.78 is 32.2. The topological polar surface area (TPSA) is 122 Å². The second-order valence-electron chi connectivity index (χ2n) is 5.96. The van der Waals surface area contributed by atoms with E-state index in [2.05, 4.69) is 10.0 Å². The molecule has 0 radical (unpaired) electrons. The number of carbonyl (C=O) groups is 2. The van der Waals surface area contributed by atoms with Crippen molar-refractivity contribution >= 4 is 27.6 Å². The van der Waals surface area contributed by atoms with Crippen LogP contribution in [0.15, 0.2) is 53.4 Å². The fourth-order valence-electron chi connectivity index (χ4n) is 2.37. The summed E-state index contributed by atoms with van der Waals surface area (Å²) in [6.07, 6.45) is 0.772. The molecule has 0 unspecified atom stereocenters. The smallest absolute Gasteiger partial charge is 0.303 e. The molecule has 2 aromatic rings. The quantitative estimate of drug-likeness (QED) is 0.521. The first-order valence-corrected chi connectivity index (χ1v) is 10.1. The normalized spacial score (nSPS) is 11.0. The number of hydrogen-bond donors (Lipinski definition) is 3. The van der Waals surface area contributed by atoms with Crippen molar-refractivity contribution in [3.05, 3.63) is 54.1 Å². The van der Waals surface area contributed by atoms with Crippen molar-refractivity contribution in [1.29, 1.82) is 0 Å². The third kappa shape index (κ3) is 6.36. The molecule has 0 saturated carbocycles. The Balaban J connectivity index is 2.01. The molecule has 0 spiro atoms. The van der Waals surface area contributed by atoms with Crippen LogP contribution in [0.25, 0.3) is 0 Å². The number of carboxylic acids is 1. The number of benzene rings is 2. The summed E-state index contributed by atoms with van der Waals surface area (Å²) in [6, 6.07) is 12.4. The highest BCUT2D eigenvalue weighted by Gasteiger charge is 2.16. The molecule has 2 rings (SSSR count). The van der Waals surface area contributed by atoms with Gasteiger partial charge in [0.15, 0.2) is 0 Å². The third-order valence-electron chi connectivity index (χ3n) is 3.86. The van der Waals surface area contributed by atoms with Gasteiger partial charge in [-0.2, -0.15) is 0 Å². The molecule has 0 aliphatic carbocycles. The van der Waals surface area contributed by atoms with E-state index < -0.39 is 21.9 Å². The van der Waals surface area contributed by atoms with Crippen LogP contribution >= 0.6 is 0 Å². The van der Waals surface area contributed by atoms with Gasteiger partial charge in [-0.25, -0.2) is 13.1 Å². The first kappa shape index (κ1) is 21.4. The van der Waals surface area contributed by atoms with Crippen LogP contribution in [0.1, 0.15) is 29.6 Å². The number of hydrogen-bond acceptors (Lipinski definition) is 5. The molecule has 8 nitrogen and oxygen atoms in total. The monoisotopic (exact) mass is 406 g/mol. The Bertz CT molecular complexity index is 926. The number of carbonyl (C=O) groups excluding carboxylic acids is 1. The van der Waals surface area contributed by atoms with Crippen LogP contribution in [0, 0.1) is 0 Å².